The van der Waals surface area contributed by atoms with Crippen molar-refractivity contribution in [1.82, 2.24) is 4.57 Å². The maximum atomic E-state index is 13.6. The van der Waals surface area contributed by atoms with E-state index < -0.39 is 11.9 Å². The molecule has 2 aromatic carbocycles. The third kappa shape index (κ3) is 4.51. The first-order chi connectivity index (χ1) is 16.6. The number of amides is 2. The number of rotatable bonds is 6. The SMILES string of the molecule is CCC(C(=O)Nc1scc(-c2ccc(C)cc2)c1C(N)=O)n1c(=O)cc(C)c2cc(C)cc(C)c21. The number of hydrogen-bond donors (Lipinski definition) is 2. The van der Waals surface area contributed by atoms with E-state index in [2.05, 4.69) is 5.32 Å². The molecule has 0 spiro atoms. The number of hydrogen-bond acceptors (Lipinski definition) is 4. The first kappa shape index (κ1) is 24.4. The van der Waals surface area contributed by atoms with Gasteiger partial charge >= 0.3 is 0 Å². The van der Waals surface area contributed by atoms with Crippen LogP contribution < -0.4 is 16.6 Å². The van der Waals surface area contributed by atoms with Crippen LogP contribution in [0.2, 0.25) is 0 Å². The lowest BCUT2D eigenvalue weighted by Crippen LogP contribution is -2.34. The van der Waals surface area contributed by atoms with Crippen LogP contribution in [-0.2, 0) is 4.79 Å². The summed E-state index contributed by atoms with van der Waals surface area (Å²) in [4.78, 5) is 39.1. The number of nitrogens with zero attached hydrogens (tertiary/aromatic N) is 1. The summed E-state index contributed by atoms with van der Waals surface area (Å²) >= 11 is 1.25. The Labute approximate surface area is 208 Å². The third-order valence-corrected chi connectivity index (χ3v) is 7.22. The van der Waals surface area contributed by atoms with Gasteiger partial charge in [0.05, 0.1) is 11.1 Å². The van der Waals surface area contributed by atoms with Gasteiger partial charge < -0.3 is 11.1 Å². The minimum absolute atomic E-state index is 0.231. The lowest BCUT2D eigenvalue weighted by atomic mass is 10.0. The van der Waals surface area contributed by atoms with Gasteiger partial charge in [-0.2, -0.15) is 0 Å². The first-order valence-corrected chi connectivity index (χ1v) is 12.4. The summed E-state index contributed by atoms with van der Waals surface area (Å²) in [5, 5.41) is 6.05. The van der Waals surface area contributed by atoms with Crippen molar-refractivity contribution in [3.05, 3.63) is 86.0 Å². The lowest BCUT2D eigenvalue weighted by molar-refractivity contribution is -0.119. The monoisotopic (exact) mass is 487 g/mol. The highest BCUT2D eigenvalue weighted by molar-refractivity contribution is 7.15. The molecule has 2 amide bonds. The molecule has 35 heavy (non-hydrogen) atoms. The predicted octanol–water partition coefficient (Wildman–Crippen LogP) is 5.65. The summed E-state index contributed by atoms with van der Waals surface area (Å²) in [6.45, 7) is 9.73. The van der Waals surface area contributed by atoms with Crippen LogP contribution in [0.5, 0.6) is 0 Å². The van der Waals surface area contributed by atoms with Crippen LogP contribution in [0.15, 0.2) is 52.6 Å². The van der Waals surface area contributed by atoms with Gasteiger partial charge in [0.1, 0.15) is 11.0 Å². The van der Waals surface area contributed by atoms with Crippen molar-refractivity contribution in [3.63, 3.8) is 0 Å². The van der Waals surface area contributed by atoms with Crippen LogP contribution in [0.1, 0.15) is 52.0 Å². The summed E-state index contributed by atoms with van der Waals surface area (Å²) in [7, 11) is 0. The zero-order valence-electron chi connectivity index (χ0n) is 20.6. The van der Waals surface area contributed by atoms with Gasteiger partial charge in [-0.15, -0.1) is 11.3 Å². The van der Waals surface area contributed by atoms with E-state index >= 15 is 0 Å². The van der Waals surface area contributed by atoms with Gasteiger partial charge in [0.2, 0.25) is 5.91 Å². The first-order valence-electron chi connectivity index (χ1n) is 11.5. The Morgan fingerprint density at radius 2 is 1.69 bits per heavy atom. The molecule has 1 unspecified atom stereocenters. The lowest BCUT2D eigenvalue weighted by Gasteiger charge is -2.22. The fourth-order valence-corrected chi connectivity index (χ4v) is 5.63. The molecule has 0 bridgehead atoms. The number of thiophene rings is 1. The number of benzene rings is 2. The second kappa shape index (κ2) is 9.50. The molecule has 0 radical (unpaired) electrons. The summed E-state index contributed by atoms with van der Waals surface area (Å²) < 4.78 is 1.57. The molecule has 0 fully saturated rings. The van der Waals surface area contributed by atoms with E-state index in [-0.39, 0.29) is 17.0 Å². The highest BCUT2D eigenvalue weighted by Gasteiger charge is 2.26. The molecule has 1 atom stereocenters. The molecular formula is C28H29N3O3S. The zero-order valence-corrected chi connectivity index (χ0v) is 21.4. The van der Waals surface area contributed by atoms with Gasteiger partial charge in [0.15, 0.2) is 0 Å². The van der Waals surface area contributed by atoms with Crippen LogP contribution in [0, 0.1) is 27.7 Å². The zero-order chi connectivity index (χ0) is 25.4. The molecule has 0 aliphatic heterocycles. The minimum atomic E-state index is -0.752. The maximum absolute atomic E-state index is 13.6. The highest BCUT2D eigenvalue weighted by atomic mass is 32.1. The van der Waals surface area contributed by atoms with Gasteiger partial charge in [-0.1, -0.05) is 48.4 Å². The molecule has 0 saturated heterocycles. The van der Waals surface area contributed by atoms with Crippen molar-refractivity contribution in [3.8, 4) is 11.1 Å². The second-order valence-corrected chi connectivity index (χ2v) is 9.89. The predicted molar refractivity (Wildman–Crippen MR) is 143 cm³/mol. The fourth-order valence-electron chi connectivity index (χ4n) is 4.65. The van der Waals surface area contributed by atoms with E-state index in [0.717, 1.165) is 38.7 Å². The molecule has 2 aromatic heterocycles. The number of pyridine rings is 1. The normalized spacial score (nSPS) is 12.0. The molecule has 0 aliphatic rings. The van der Waals surface area contributed by atoms with Crippen LogP contribution in [0.25, 0.3) is 22.0 Å². The van der Waals surface area contributed by atoms with Crippen molar-refractivity contribution in [2.45, 2.75) is 47.1 Å². The Morgan fingerprint density at radius 3 is 2.31 bits per heavy atom. The molecule has 6 nitrogen and oxygen atoms in total. The molecular weight excluding hydrogens is 458 g/mol. The van der Waals surface area contributed by atoms with Crippen LogP contribution in [0.3, 0.4) is 0 Å². The van der Waals surface area contributed by atoms with Crippen molar-refractivity contribution in [2.24, 2.45) is 5.73 Å². The summed E-state index contributed by atoms with van der Waals surface area (Å²) in [5.74, 6) is -0.978. The molecule has 180 valence electrons. The van der Waals surface area contributed by atoms with Gasteiger partial charge in [-0.25, -0.2) is 0 Å². The van der Waals surface area contributed by atoms with E-state index in [1.165, 1.54) is 11.3 Å². The van der Waals surface area contributed by atoms with Crippen LogP contribution in [-0.4, -0.2) is 16.4 Å². The summed E-state index contributed by atoms with van der Waals surface area (Å²) in [6, 6.07) is 12.6. The Balaban J connectivity index is 1.78. The van der Waals surface area contributed by atoms with Crippen molar-refractivity contribution in [1.29, 1.82) is 0 Å². The molecule has 0 aliphatic carbocycles. The Hall–Kier alpha value is -3.71. The molecule has 2 heterocycles. The Bertz CT molecular complexity index is 1510. The minimum Gasteiger partial charge on any atom is -0.365 e. The molecule has 0 saturated carbocycles. The smallest absolute Gasteiger partial charge is 0.252 e. The van der Waals surface area contributed by atoms with E-state index in [4.69, 9.17) is 5.73 Å². The average molecular weight is 488 g/mol. The average Bonchev–Trinajstić information content (AvgIpc) is 3.20. The number of aromatic nitrogens is 1. The van der Waals surface area contributed by atoms with Gasteiger partial charge in [-0.05, 0) is 56.9 Å². The number of primary amides is 1. The van der Waals surface area contributed by atoms with Gasteiger partial charge in [-0.3, -0.25) is 19.0 Å². The second-order valence-electron chi connectivity index (χ2n) is 9.01. The van der Waals surface area contributed by atoms with Crippen molar-refractivity contribution in [2.75, 3.05) is 5.32 Å². The maximum Gasteiger partial charge on any atom is 0.252 e. The fraction of sp³-hybridized carbons (Fsp3) is 0.250. The third-order valence-electron chi connectivity index (χ3n) is 6.33. The standard InChI is InChI=1S/C28H29N3O3S/c1-6-22(31-23(32)13-17(4)20-12-16(3)11-18(5)25(20)31)27(34)30-28-24(26(29)33)21(14-35-28)19-9-7-15(2)8-10-19/h7-14,22H,6H2,1-5H3,(H2,29,33)(H,30,34). The number of anilines is 1. The number of carbonyl (C=O) groups is 2. The Morgan fingerprint density at radius 1 is 1.00 bits per heavy atom. The molecule has 4 rings (SSSR count). The summed E-state index contributed by atoms with van der Waals surface area (Å²) in [5.41, 5.74) is 12.1. The number of nitrogens with two attached hydrogens (primary N) is 1. The molecule has 3 N–H and O–H groups in total. The number of fused-ring (bicyclic) bond motifs is 1. The Kier molecular flexibility index (Phi) is 6.63. The van der Waals surface area contributed by atoms with Crippen LogP contribution in [0.4, 0.5) is 5.00 Å². The van der Waals surface area contributed by atoms with Crippen molar-refractivity contribution < 1.29 is 9.59 Å². The quantitative estimate of drug-likeness (QED) is 0.368. The summed E-state index contributed by atoms with van der Waals surface area (Å²) in [6.07, 6.45) is 0.402. The highest BCUT2D eigenvalue weighted by Crippen LogP contribution is 2.36. The largest absolute Gasteiger partial charge is 0.365 e. The van der Waals surface area contributed by atoms with Gasteiger partial charge in [0, 0.05) is 22.4 Å². The van der Waals surface area contributed by atoms with E-state index in [0.29, 0.717) is 17.0 Å². The molecule has 7 heteroatoms. The topological polar surface area (TPSA) is 94.2 Å². The van der Waals surface area contributed by atoms with Gasteiger partial charge in [0.25, 0.3) is 11.5 Å². The van der Waals surface area contributed by atoms with E-state index in [9.17, 15) is 14.4 Å². The van der Waals surface area contributed by atoms with Crippen LogP contribution >= 0.6 is 11.3 Å². The van der Waals surface area contributed by atoms with E-state index in [1.807, 2.05) is 76.4 Å². The van der Waals surface area contributed by atoms with Crippen molar-refractivity contribution >= 4 is 39.1 Å². The molecule has 4 aromatic rings. The number of nitrogens with one attached hydrogen (secondary N) is 1. The number of aryl methyl sites for hydroxylation is 4. The number of carbonyl (C=O) groups excluding carboxylic acids is 2. The van der Waals surface area contributed by atoms with E-state index in [1.54, 1.807) is 10.6 Å².